The van der Waals surface area contributed by atoms with Crippen molar-refractivity contribution in [3.8, 4) is 5.75 Å². The summed E-state index contributed by atoms with van der Waals surface area (Å²) in [6.45, 7) is 8.85. The maximum Gasteiger partial charge on any atom is 0.128 e. The normalized spacial score (nSPS) is 14.5. The molecule has 0 amide bonds. The second kappa shape index (κ2) is 6.95. The SMILES string of the molecule is CCC(CC)C(C)NC(C)c1ccc2ccccc2c1O. The molecule has 0 aliphatic rings. The van der Waals surface area contributed by atoms with Crippen molar-refractivity contribution in [3.05, 3.63) is 42.0 Å². The highest BCUT2D eigenvalue weighted by Gasteiger charge is 2.18. The molecule has 2 atom stereocenters. The van der Waals surface area contributed by atoms with E-state index in [1.54, 1.807) is 0 Å². The van der Waals surface area contributed by atoms with Gasteiger partial charge in [-0.15, -0.1) is 0 Å². The Hall–Kier alpha value is -1.54. The molecule has 2 nitrogen and oxygen atoms in total. The number of hydrogen-bond acceptors (Lipinski definition) is 2. The predicted octanol–water partition coefficient (Wildman–Crippen LogP) is 5.02. The number of rotatable bonds is 6. The number of benzene rings is 2. The van der Waals surface area contributed by atoms with Crippen molar-refractivity contribution in [1.82, 2.24) is 5.32 Å². The van der Waals surface area contributed by atoms with Gasteiger partial charge in [-0.25, -0.2) is 0 Å². The van der Waals surface area contributed by atoms with E-state index in [0.29, 0.717) is 17.7 Å². The number of hydrogen-bond donors (Lipinski definition) is 2. The van der Waals surface area contributed by atoms with E-state index < -0.39 is 0 Å². The molecule has 0 heterocycles. The minimum atomic E-state index is 0.144. The fourth-order valence-electron chi connectivity index (χ4n) is 3.24. The lowest BCUT2D eigenvalue weighted by molar-refractivity contribution is 0.327. The van der Waals surface area contributed by atoms with Gasteiger partial charge in [-0.1, -0.05) is 63.1 Å². The van der Waals surface area contributed by atoms with E-state index in [1.165, 1.54) is 12.8 Å². The van der Waals surface area contributed by atoms with E-state index in [2.05, 4.69) is 39.1 Å². The van der Waals surface area contributed by atoms with E-state index in [0.717, 1.165) is 16.3 Å². The van der Waals surface area contributed by atoms with Crippen molar-refractivity contribution in [1.29, 1.82) is 0 Å². The zero-order valence-electron chi connectivity index (χ0n) is 13.6. The van der Waals surface area contributed by atoms with E-state index in [4.69, 9.17) is 0 Å². The van der Waals surface area contributed by atoms with Gasteiger partial charge in [-0.2, -0.15) is 0 Å². The number of fused-ring (bicyclic) bond motifs is 1. The topological polar surface area (TPSA) is 32.3 Å². The lowest BCUT2D eigenvalue weighted by atomic mass is 9.93. The van der Waals surface area contributed by atoms with Crippen LogP contribution in [0.15, 0.2) is 36.4 Å². The van der Waals surface area contributed by atoms with Crippen LogP contribution in [0.3, 0.4) is 0 Å². The molecule has 2 aromatic rings. The molecule has 0 saturated carbocycles. The molecule has 0 aliphatic heterocycles. The number of phenolic OH excluding ortho intramolecular Hbond substituents is 1. The Morgan fingerprint density at radius 1 is 1.00 bits per heavy atom. The van der Waals surface area contributed by atoms with Crippen molar-refractivity contribution >= 4 is 10.8 Å². The molecule has 0 bridgehead atoms. The van der Waals surface area contributed by atoms with Crippen molar-refractivity contribution in [2.75, 3.05) is 0 Å². The lowest BCUT2D eigenvalue weighted by Crippen LogP contribution is -2.35. The van der Waals surface area contributed by atoms with Crippen LogP contribution in [0.5, 0.6) is 5.75 Å². The lowest BCUT2D eigenvalue weighted by Gasteiger charge is -2.27. The second-order valence-electron chi connectivity index (χ2n) is 5.98. The molecule has 0 aliphatic carbocycles. The smallest absolute Gasteiger partial charge is 0.128 e. The van der Waals surface area contributed by atoms with Crippen molar-refractivity contribution in [2.24, 2.45) is 5.92 Å². The summed E-state index contributed by atoms with van der Waals surface area (Å²) < 4.78 is 0. The van der Waals surface area contributed by atoms with Crippen LogP contribution < -0.4 is 5.32 Å². The summed E-state index contributed by atoms with van der Waals surface area (Å²) in [5.74, 6) is 1.08. The van der Waals surface area contributed by atoms with Crippen molar-refractivity contribution in [2.45, 2.75) is 52.6 Å². The van der Waals surface area contributed by atoms with E-state index >= 15 is 0 Å². The summed E-state index contributed by atoms with van der Waals surface area (Å²) in [6, 6.07) is 12.7. The number of nitrogens with one attached hydrogen (secondary N) is 1. The van der Waals surface area contributed by atoms with Crippen LogP contribution >= 0.6 is 0 Å². The fourth-order valence-corrected chi connectivity index (χ4v) is 3.24. The Morgan fingerprint density at radius 3 is 2.33 bits per heavy atom. The van der Waals surface area contributed by atoms with Crippen molar-refractivity contribution in [3.63, 3.8) is 0 Å². The third-order valence-electron chi connectivity index (χ3n) is 4.67. The van der Waals surface area contributed by atoms with Gasteiger partial charge >= 0.3 is 0 Å². The summed E-state index contributed by atoms with van der Waals surface area (Å²) in [5.41, 5.74) is 0.978. The first-order valence-corrected chi connectivity index (χ1v) is 8.05. The summed E-state index contributed by atoms with van der Waals surface area (Å²) in [4.78, 5) is 0. The van der Waals surface area contributed by atoms with Crippen LogP contribution in [0, 0.1) is 5.92 Å². The molecule has 0 fully saturated rings. The van der Waals surface area contributed by atoms with Crippen LogP contribution in [0.1, 0.15) is 52.1 Å². The van der Waals surface area contributed by atoms with Crippen molar-refractivity contribution < 1.29 is 5.11 Å². The molecule has 2 N–H and O–H groups in total. The molecule has 2 rings (SSSR count). The molecule has 2 heteroatoms. The Morgan fingerprint density at radius 2 is 1.67 bits per heavy atom. The minimum absolute atomic E-state index is 0.144. The highest BCUT2D eigenvalue weighted by Crippen LogP contribution is 2.32. The molecule has 2 unspecified atom stereocenters. The Balaban J connectivity index is 2.23. The van der Waals surface area contributed by atoms with Gasteiger partial charge < -0.3 is 10.4 Å². The molecular formula is C19H27NO. The zero-order valence-corrected chi connectivity index (χ0v) is 13.6. The Labute approximate surface area is 128 Å². The molecule has 114 valence electrons. The van der Waals surface area contributed by atoms with Gasteiger partial charge in [0.15, 0.2) is 0 Å². The third-order valence-corrected chi connectivity index (χ3v) is 4.67. The summed E-state index contributed by atoms with van der Waals surface area (Å²) >= 11 is 0. The molecule has 0 aromatic heterocycles. The second-order valence-corrected chi connectivity index (χ2v) is 5.98. The number of aromatic hydroxyl groups is 1. The van der Waals surface area contributed by atoms with Gasteiger partial charge in [-0.05, 0) is 25.2 Å². The van der Waals surface area contributed by atoms with Gasteiger partial charge in [0.2, 0.25) is 0 Å². The zero-order chi connectivity index (χ0) is 15.4. The van der Waals surface area contributed by atoms with Gasteiger partial charge in [0.05, 0.1) is 0 Å². The molecule has 0 saturated heterocycles. The first-order chi connectivity index (χ1) is 10.1. The van der Waals surface area contributed by atoms with E-state index in [9.17, 15) is 5.11 Å². The Bertz CT molecular complexity index is 589. The first kappa shape index (κ1) is 15.8. The van der Waals surface area contributed by atoms with Gasteiger partial charge in [0.25, 0.3) is 0 Å². The minimum Gasteiger partial charge on any atom is -0.507 e. The standard InChI is InChI=1S/C19H27NO/c1-5-15(6-2)13(3)20-14(4)17-12-11-16-9-7-8-10-18(16)19(17)21/h7-15,20-21H,5-6H2,1-4H3. The van der Waals surface area contributed by atoms with Gasteiger partial charge in [0.1, 0.15) is 5.75 Å². The van der Waals surface area contributed by atoms with Gasteiger partial charge in [-0.3, -0.25) is 0 Å². The maximum atomic E-state index is 10.5. The first-order valence-electron chi connectivity index (χ1n) is 8.05. The quantitative estimate of drug-likeness (QED) is 0.781. The number of phenols is 1. The molecule has 21 heavy (non-hydrogen) atoms. The van der Waals surface area contributed by atoms with Crippen LogP contribution in [0.25, 0.3) is 10.8 Å². The Kier molecular flexibility index (Phi) is 5.24. The van der Waals surface area contributed by atoms with Crippen LogP contribution in [0.4, 0.5) is 0 Å². The third kappa shape index (κ3) is 3.38. The van der Waals surface area contributed by atoms with Crippen LogP contribution in [0.2, 0.25) is 0 Å². The summed E-state index contributed by atoms with van der Waals surface area (Å²) in [7, 11) is 0. The van der Waals surface area contributed by atoms with Crippen LogP contribution in [-0.2, 0) is 0 Å². The van der Waals surface area contributed by atoms with Crippen LogP contribution in [-0.4, -0.2) is 11.1 Å². The predicted molar refractivity (Wildman–Crippen MR) is 90.7 cm³/mol. The molecule has 0 spiro atoms. The monoisotopic (exact) mass is 285 g/mol. The van der Waals surface area contributed by atoms with Gasteiger partial charge in [0, 0.05) is 23.0 Å². The molecule has 0 radical (unpaired) electrons. The fraction of sp³-hybridized carbons (Fsp3) is 0.474. The largest absolute Gasteiger partial charge is 0.507 e. The molecular weight excluding hydrogens is 258 g/mol. The summed E-state index contributed by atoms with van der Waals surface area (Å²) in [6.07, 6.45) is 2.36. The summed E-state index contributed by atoms with van der Waals surface area (Å²) in [5, 5.41) is 16.2. The highest BCUT2D eigenvalue weighted by molar-refractivity contribution is 5.89. The maximum absolute atomic E-state index is 10.5. The average molecular weight is 285 g/mol. The molecule has 2 aromatic carbocycles. The van der Waals surface area contributed by atoms with E-state index in [-0.39, 0.29) is 6.04 Å². The highest BCUT2D eigenvalue weighted by atomic mass is 16.3. The average Bonchev–Trinajstić information content (AvgIpc) is 2.49. The van der Waals surface area contributed by atoms with E-state index in [1.807, 2.05) is 30.3 Å².